The molecule has 170 valence electrons. The maximum Gasteiger partial charge on any atom is 0.161 e. The molecule has 3 aromatic rings. The van der Waals surface area contributed by atoms with E-state index in [1.165, 1.54) is 0 Å². The largest absolute Gasteiger partial charge is 0.381 e. The molecule has 2 atom stereocenters. The Labute approximate surface area is 201 Å². The minimum absolute atomic E-state index is 0.103. The van der Waals surface area contributed by atoms with Gasteiger partial charge in [-0.1, -0.05) is 35.3 Å². The first-order valence-electron chi connectivity index (χ1n) is 10.4. The number of piperazine rings is 1. The van der Waals surface area contributed by atoms with E-state index < -0.39 is 11.4 Å². The van der Waals surface area contributed by atoms with Gasteiger partial charge in [0.1, 0.15) is 11.7 Å². The Bertz CT molecular complexity index is 1160. The van der Waals surface area contributed by atoms with Gasteiger partial charge in [-0.3, -0.25) is 4.90 Å². The number of aliphatic hydroxyl groups is 1. The van der Waals surface area contributed by atoms with E-state index >= 15 is 0 Å². The molecule has 1 aliphatic heterocycles. The summed E-state index contributed by atoms with van der Waals surface area (Å²) >= 11 is 12.2. The summed E-state index contributed by atoms with van der Waals surface area (Å²) in [6.07, 6.45) is 2.10. The molecule has 2 heterocycles. The quantitative estimate of drug-likeness (QED) is 0.570. The van der Waals surface area contributed by atoms with Gasteiger partial charge in [-0.15, -0.1) is 0 Å². The highest BCUT2D eigenvalue weighted by Gasteiger charge is 2.35. The number of nitrogens with zero attached hydrogens (tertiary/aromatic N) is 5. The van der Waals surface area contributed by atoms with Gasteiger partial charge in [0.05, 0.1) is 29.7 Å². The number of halogens is 3. The van der Waals surface area contributed by atoms with Gasteiger partial charge in [-0.05, 0) is 42.8 Å². The second-order valence-electron chi connectivity index (χ2n) is 8.27. The maximum absolute atomic E-state index is 13.2. The van der Waals surface area contributed by atoms with Crippen LogP contribution in [0, 0.1) is 17.1 Å². The van der Waals surface area contributed by atoms with Crippen LogP contribution in [0.25, 0.3) is 0 Å². The SMILES string of the molecule is C[C@@](O)(CN1CCN(c2ccc(Cl)cc2C#N)[C@H](c2ccc(Cl)cc2)C1)c1ncc(F)cn1. The van der Waals surface area contributed by atoms with Crippen LogP contribution in [0.4, 0.5) is 10.1 Å². The Morgan fingerprint density at radius 2 is 1.79 bits per heavy atom. The summed E-state index contributed by atoms with van der Waals surface area (Å²) in [4.78, 5) is 12.2. The highest BCUT2D eigenvalue weighted by Crippen LogP contribution is 2.35. The van der Waals surface area contributed by atoms with E-state index in [-0.39, 0.29) is 18.4 Å². The van der Waals surface area contributed by atoms with Crippen LogP contribution in [0.15, 0.2) is 54.9 Å². The molecule has 9 heteroatoms. The summed E-state index contributed by atoms with van der Waals surface area (Å²) in [7, 11) is 0. The predicted molar refractivity (Wildman–Crippen MR) is 126 cm³/mol. The van der Waals surface area contributed by atoms with Crippen molar-refractivity contribution in [3.63, 3.8) is 0 Å². The van der Waals surface area contributed by atoms with Gasteiger partial charge < -0.3 is 10.0 Å². The number of anilines is 1. The summed E-state index contributed by atoms with van der Waals surface area (Å²) in [5.74, 6) is -0.388. The standard InChI is InChI=1S/C24H22Cl2FN5O/c1-24(33,23-29-12-20(27)13-30-23)15-31-8-9-32(21-7-6-19(26)10-17(21)11-28)22(14-31)16-2-4-18(25)5-3-16/h2-7,10,12-13,22,33H,8-9,14-15H2,1H3/t22-,24+/m0/s1. The molecule has 0 radical (unpaired) electrons. The summed E-state index contributed by atoms with van der Waals surface area (Å²) in [5.41, 5.74) is 0.968. The summed E-state index contributed by atoms with van der Waals surface area (Å²) < 4.78 is 13.2. The zero-order chi connectivity index (χ0) is 23.6. The van der Waals surface area contributed by atoms with Gasteiger partial charge in [0.15, 0.2) is 11.6 Å². The van der Waals surface area contributed by atoms with E-state index in [0.29, 0.717) is 35.2 Å². The Balaban J connectivity index is 1.63. The highest BCUT2D eigenvalue weighted by molar-refractivity contribution is 6.31. The van der Waals surface area contributed by atoms with Gasteiger partial charge >= 0.3 is 0 Å². The van der Waals surface area contributed by atoms with E-state index in [1.807, 2.05) is 30.3 Å². The average Bonchev–Trinajstić information content (AvgIpc) is 2.80. The number of β-amino-alcohol motifs (C(OH)–C–C–N with tert-alkyl or cyclic N) is 1. The zero-order valence-electron chi connectivity index (χ0n) is 17.9. The van der Waals surface area contributed by atoms with Gasteiger partial charge in [-0.2, -0.15) is 5.26 Å². The van der Waals surface area contributed by atoms with Crippen molar-refractivity contribution in [3.05, 3.63) is 87.7 Å². The third-order valence-corrected chi connectivity index (χ3v) is 6.23. The fourth-order valence-electron chi connectivity index (χ4n) is 4.19. The van der Waals surface area contributed by atoms with Crippen molar-refractivity contribution in [3.8, 4) is 6.07 Å². The van der Waals surface area contributed by atoms with Crippen molar-refractivity contribution in [1.29, 1.82) is 5.26 Å². The first kappa shape index (κ1) is 23.4. The predicted octanol–water partition coefficient (Wildman–Crippen LogP) is 4.57. The topological polar surface area (TPSA) is 76.3 Å². The molecule has 33 heavy (non-hydrogen) atoms. The minimum Gasteiger partial charge on any atom is -0.381 e. The number of rotatable bonds is 5. The molecule has 4 rings (SSSR count). The molecular weight excluding hydrogens is 464 g/mol. The van der Waals surface area contributed by atoms with Crippen molar-refractivity contribution in [2.75, 3.05) is 31.1 Å². The second kappa shape index (κ2) is 9.62. The Morgan fingerprint density at radius 3 is 2.45 bits per heavy atom. The molecule has 6 nitrogen and oxygen atoms in total. The number of nitriles is 1. The lowest BCUT2D eigenvalue weighted by Gasteiger charge is -2.44. The number of hydrogen-bond acceptors (Lipinski definition) is 6. The van der Waals surface area contributed by atoms with Crippen LogP contribution in [0.3, 0.4) is 0 Å². The van der Waals surface area contributed by atoms with Crippen molar-refractivity contribution in [1.82, 2.24) is 14.9 Å². The smallest absolute Gasteiger partial charge is 0.161 e. The van der Waals surface area contributed by atoms with Gasteiger partial charge in [0.25, 0.3) is 0 Å². The lowest BCUT2D eigenvalue weighted by Crippen LogP contribution is -2.52. The van der Waals surface area contributed by atoms with E-state index in [9.17, 15) is 14.8 Å². The maximum atomic E-state index is 13.2. The third-order valence-electron chi connectivity index (χ3n) is 5.74. The van der Waals surface area contributed by atoms with Gasteiger partial charge in [0, 0.05) is 36.2 Å². The molecule has 1 aromatic heterocycles. The Morgan fingerprint density at radius 1 is 1.12 bits per heavy atom. The van der Waals surface area contributed by atoms with Crippen LogP contribution >= 0.6 is 23.2 Å². The van der Waals surface area contributed by atoms with E-state index in [2.05, 4.69) is 25.8 Å². The Hall–Kier alpha value is -2.76. The number of benzene rings is 2. The molecule has 1 N–H and O–H groups in total. The molecule has 1 aliphatic rings. The molecule has 0 aliphatic carbocycles. The fraction of sp³-hybridized carbons (Fsp3) is 0.292. The third kappa shape index (κ3) is 5.26. The molecule has 1 saturated heterocycles. The van der Waals surface area contributed by atoms with E-state index in [1.54, 1.807) is 19.1 Å². The molecule has 0 bridgehead atoms. The van der Waals surface area contributed by atoms with E-state index in [4.69, 9.17) is 23.2 Å². The molecule has 0 spiro atoms. The number of aromatic nitrogens is 2. The second-order valence-corrected chi connectivity index (χ2v) is 9.14. The molecule has 0 saturated carbocycles. The number of hydrogen-bond donors (Lipinski definition) is 1. The van der Waals surface area contributed by atoms with Crippen molar-refractivity contribution in [2.24, 2.45) is 0 Å². The van der Waals surface area contributed by atoms with Crippen LogP contribution in [0.1, 0.15) is 29.9 Å². The van der Waals surface area contributed by atoms with Crippen LogP contribution in [-0.2, 0) is 5.60 Å². The first-order valence-corrected chi connectivity index (χ1v) is 11.2. The molecule has 0 unspecified atom stereocenters. The zero-order valence-corrected chi connectivity index (χ0v) is 19.4. The van der Waals surface area contributed by atoms with Crippen molar-refractivity contribution < 1.29 is 9.50 Å². The van der Waals surface area contributed by atoms with Crippen LogP contribution in [0.2, 0.25) is 10.0 Å². The van der Waals surface area contributed by atoms with Gasteiger partial charge in [0.2, 0.25) is 0 Å². The average molecular weight is 486 g/mol. The lowest BCUT2D eigenvalue weighted by molar-refractivity contribution is 0.00281. The minimum atomic E-state index is -1.36. The monoisotopic (exact) mass is 485 g/mol. The summed E-state index contributed by atoms with van der Waals surface area (Å²) in [6, 6.07) is 15.0. The van der Waals surface area contributed by atoms with Gasteiger partial charge in [-0.25, -0.2) is 14.4 Å². The van der Waals surface area contributed by atoms with Crippen molar-refractivity contribution in [2.45, 2.75) is 18.6 Å². The van der Waals surface area contributed by atoms with Crippen LogP contribution in [-0.4, -0.2) is 46.2 Å². The Kier molecular flexibility index (Phi) is 6.82. The highest BCUT2D eigenvalue weighted by atomic mass is 35.5. The molecule has 2 aromatic carbocycles. The molecule has 1 fully saturated rings. The summed E-state index contributed by atoms with van der Waals surface area (Å²) in [6.45, 7) is 3.71. The normalized spacial score (nSPS) is 18.5. The first-order chi connectivity index (χ1) is 15.8. The summed E-state index contributed by atoms with van der Waals surface area (Å²) in [5, 5.41) is 21.9. The lowest BCUT2D eigenvalue weighted by atomic mass is 9.98. The molecule has 0 amide bonds. The van der Waals surface area contributed by atoms with Crippen molar-refractivity contribution >= 4 is 28.9 Å². The van der Waals surface area contributed by atoms with Crippen LogP contribution < -0.4 is 4.90 Å². The fourth-order valence-corrected chi connectivity index (χ4v) is 4.48. The van der Waals surface area contributed by atoms with Crippen LogP contribution in [0.5, 0.6) is 0 Å². The van der Waals surface area contributed by atoms with E-state index in [0.717, 1.165) is 23.6 Å². The molecular formula is C24H22Cl2FN5O.